The Balaban J connectivity index is 2.36. The van der Waals surface area contributed by atoms with Gasteiger partial charge in [0.2, 0.25) is 0 Å². The van der Waals surface area contributed by atoms with Gasteiger partial charge in [-0.15, -0.1) is 0 Å². The highest BCUT2D eigenvalue weighted by Gasteiger charge is 2.12. The minimum atomic E-state index is -0.311. The fourth-order valence-corrected chi connectivity index (χ4v) is 2.88. The van der Waals surface area contributed by atoms with Crippen LogP contribution in [0.4, 0.5) is 4.39 Å². The zero-order valence-corrected chi connectivity index (χ0v) is 11.9. The van der Waals surface area contributed by atoms with Crippen molar-refractivity contribution in [3.63, 3.8) is 0 Å². The zero-order valence-electron chi connectivity index (χ0n) is 11.1. The van der Waals surface area contributed by atoms with Crippen LogP contribution in [0, 0.1) is 5.82 Å². The Kier molecular flexibility index (Phi) is 3.72. The summed E-state index contributed by atoms with van der Waals surface area (Å²) in [5, 5.41) is 2.42. The Hall–Kier alpha value is -2.19. The second kappa shape index (κ2) is 5.66. The van der Waals surface area contributed by atoms with E-state index in [4.69, 9.17) is 11.6 Å². The van der Waals surface area contributed by atoms with Gasteiger partial charge in [0.05, 0.1) is 0 Å². The van der Waals surface area contributed by atoms with Crippen LogP contribution in [0.15, 0.2) is 54.6 Å². The summed E-state index contributed by atoms with van der Waals surface area (Å²) < 4.78 is 13.5. The first-order valence-corrected chi connectivity index (χ1v) is 6.98. The van der Waals surface area contributed by atoms with Gasteiger partial charge in [-0.3, -0.25) is 0 Å². The lowest BCUT2D eigenvalue weighted by atomic mass is 9.92. The molecule has 0 aromatic heterocycles. The number of carbonyl (C=O) groups is 1. The number of aldehydes is 1. The molecule has 0 atom stereocenters. The lowest BCUT2D eigenvalue weighted by Gasteiger charge is -2.13. The Labute approximate surface area is 127 Å². The summed E-state index contributed by atoms with van der Waals surface area (Å²) in [7, 11) is 0. The summed E-state index contributed by atoms with van der Waals surface area (Å²) in [6, 6.07) is 15.8. The molecule has 3 rings (SSSR count). The van der Waals surface area contributed by atoms with Crippen LogP contribution >= 0.6 is 11.6 Å². The minimum absolute atomic E-state index is 0.267. The van der Waals surface area contributed by atoms with Gasteiger partial charge in [0.25, 0.3) is 0 Å². The van der Waals surface area contributed by atoms with E-state index in [1.165, 1.54) is 12.1 Å². The molecule has 0 amide bonds. The third-order valence-electron chi connectivity index (χ3n) is 3.53. The topological polar surface area (TPSA) is 17.1 Å². The molecule has 0 aliphatic heterocycles. The molecule has 0 fully saturated rings. The van der Waals surface area contributed by atoms with Gasteiger partial charge in [-0.25, -0.2) is 4.39 Å². The summed E-state index contributed by atoms with van der Waals surface area (Å²) in [5.41, 5.74) is 2.39. The van der Waals surface area contributed by atoms with Gasteiger partial charge in [-0.05, 0) is 40.3 Å². The van der Waals surface area contributed by atoms with Crippen LogP contribution in [0.1, 0.15) is 5.56 Å². The first kappa shape index (κ1) is 13.8. The summed E-state index contributed by atoms with van der Waals surface area (Å²) in [6.45, 7) is 0. The molecule has 0 heterocycles. The minimum Gasteiger partial charge on any atom is -0.303 e. The van der Waals surface area contributed by atoms with E-state index in [0.717, 1.165) is 33.7 Å². The van der Waals surface area contributed by atoms with Crippen molar-refractivity contribution in [3.05, 3.63) is 71.0 Å². The molecule has 21 heavy (non-hydrogen) atoms. The smallest absolute Gasteiger partial charge is 0.124 e. The number of rotatable bonds is 3. The van der Waals surface area contributed by atoms with Crippen molar-refractivity contribution in [2.24, 2.45) is 0 Å². The third kappa shape index (κ3) is 2.55. The normalized spacial score (nSPS) is 10.8. The third-order valence-corrected chi connectivity index (χ3v) is 3.84. The summed E-state index contributed by atoms with van der Waals surface area (Å²) in [5.74, 6) is -0.311. The molecule has 0 saturated carbocycles. The first-order chi connectivity index (χ1) is 10.2. The van der Waals surface area contributed by atoms with Crippen molar-refractivity contribution in [1.29, 1.82) is 0 Å². The average molecular weight is 299 g/mol. The molecule has 0 spiro atoms. The van der Waals surface area contributed by atoms with E-state index in [1.807, 2.05) is 30.3 Å². The molecule has 0 aliphatic carbocycles. The number of fused-ring (bicyclic) bond motifs is 1. The lowest BCUT2D eigenvalue weighted by molar-refractivity contribution is -0.107. The maximum atomic E-state index is 13.5. The van der Waals surface area contributed by atoms with Crippen LogP contribution in [0.5, 0.6) is 0 Å². The highest BCUT2D eigenvalue weighted by molar-refractivity contribution is 6.36. The maximum Gasteiger partial charge on any atom is 0.124 e. The Morgan fingerprint density at radius 3 is 2.48 bits per heavy atom. The van der Waals surface area contributed by atoms with E-state index in [9.17, 15) is 9.18 Å². The first-order valence-electron chi connectivity index (χ1n) is 6.60. The van der Waals surface area contributed by atoms with E-state index in [0.29, 0.717) is 5.02 Å². The monoisotopic (exact) mass is 298 g/mol. The molecule has 0 aliphatic rings. The van der Waals surface area contributed by atoms with E-state index < -0.39 is 0 Å². The Morgan fingerprint density at radius 2 is 1.76 bits per heavy atom. The van der Waals surface area contributed by atoms with Crippen molar-refractivity contribution >= 4 is 28.7 Å². The number of halogens is 2. The fourth-order valence-electron chi connectivity index (χ4n) is 2.61. The number of hydrogen-bond donors (Lipinski definition) is 0. The van der Waals surface area contributed by atoms with Crippen molar-refractivity contribution < 1.29 is 9.18 Å². The predicted octanol–water partition coefficient (Wildman–Crippen LogP) is 5.04. The molecule has 1 nitrogen and oxygen atoms in total. The van der Waals surface area contributed by atoms with Crippen molar-refractivity contribution in [2.45, 2.75) is 6.42 Å². The second-order valence-electron chi connectivity index (χ2n) is 4.81. The van der Waals surface area contributed by atoms with Gasteiger partial charge in [0.1, 0.15) is 12.1 Å². The number of hydrogen-bond acceptors (Lipinski definition) is 1. The quantitative estimate of drug-likeness (QED) is 0.619. The fraction of sp³-hybridized carbons (Fsp3) is 0.0556. The van der Waals surface area contributed by atoms with E-state index in [2.05, 4.69) is 0 Å². The van der Waals surface area contributed by atoms with Crippen LogP contribution in [0.25, 0.3) is 21.9 Å². The molecule has 3 heteroatoms. The zero-order chi connectivity index (χ0) is 14.8. The Bertz CT molecular complexity index is 827. The molecule has 3 aromatic rings. The highest BCUT2D eigenvalue weighted by Crippen LogP contribution is 2.35. The summed E-state index contributed by atoms with van der Waals surface area (Å²) in [6.07, 6.45) is 1.13. The molecular formula is C18H12ClFO. The van der Waals surface area contributed by atoms with Crippen LogP contribution in [0.2, 0.25) is 5.02 Å². The van der Waals surface area contributed by atoms with Crippen molar-refractivity contribution in [3.8, 4) is 11.1 Å². The van der Waals surface area contributed by atoms with Crippen LogP contribution in [-0.2, 0) is 11.2 Å². The molecule has 0 bridgehead atoms. The van der Waals surface area contributed by atoms with Crippen LogP contribution in [0.3, 0.4) is 0 Å². The molecule has 0 N–H and O–H groups in total. The molecule has 0 saturated heterocycles. The van der Waals surface area contributed by atoms with Gasteiger partial charge in [0.15, 0.2) is 0 Å². The van der Waals surface area contributed by atoms with Gasteiger partial charge in [-0.1, -0.05) is 48.0 Å². The molecular weight excluding hydrogens is 287 g/mol. The van der Waals surface area contributed by atoms with Crippen LogP contribution in [-0.4, -0.2) is 6.29 Å². The summed E-state index contributed by atoms with van der Waals surface area (Å²) >= 11 is 6.34. The van der Waals surface area contributed by atoms with Gasteiger partial charge < -0.3 is 4.79 Å². The lowest BCUT2D eigenvalue weighted by Crippen LogP contribution is -1.94. The SMILES string of the molecule is O=CCc1c(-c2cccc(F)c2)cc(Cl)c2ccccc12. The van der Waals surface area contributed by atoms with Crippen LogP contribution < -0.4 is 0 Å². The van der Waals surface area contributed by atoms with Crippen molar-refractivity contribution in [1.82, 2.24) is 0 Å². The predicted molar refractivity (Wildman–Crippen MR) is 84.1 cm³/mol. The van der Waals surface area contributed by atoms with Crippen molar-refractivity contribution in [2.75, 3.05) is 0 Å². The largest absolute Gasteiger partial charge is 0.303 e. The molecule has 0 radical (unpaired) electrons. The standard InChI is InChI=1S/C18H12ClFO/c19-18-11-17(12-4-3-5-13(20)10-12)15(8-9-21)14-6-1-2-7-16(14)18/h1-7,9-11H,8H2. The number of carbonyl (C=O) groups excluding carboxylic acids is 1. The molecule has 3 aromatic carbocycles. The van der Waals surface area contributed by atoms with E-state index in [-0.39, 0.29) is 12.2 Å². The van der Waals surface area contributed by atoms with Gasteiger partial charge in [0, 0.05) is 16.8 Å². The Morgan fingerprint density at radius 1 is 1.00 bits per heavy atom. The molecule has 104 valence electrons. The average Bonchev–Trinajstić information content (AvgIpc) is 2.50. The number of benzene rings is 3. The van der Waals surface area contributed by atoms with Gasteiger partial charge >= 0.3 is 0 Å². The highest BCUT2D eigenvalue weighted by atomic mass is 35.5. The summed E-state index contributed by atoms with van der Waals surface area (Å²) in [4.78, 5) is 11.0. The van der Waals surface area contributed by atoms with Gasteiger partial charge in [-0.2, -0.15) is 0 Å². The molecule has 0 unspecified atom stereocenters. The van der Waals surface area contributed by atoms with E-state index in [1.54, 1.807) is 12.1 Å². The van der Waals surface area contributed by atoms with E-state index >= 15 is 0 Å². The second-order valence-corrected chi connectivity index (χ2v) is 5.22. The maximum absolute atomic E-state index is 13.5.